The van der Waals surface area contributed by atoms with Gasteiger partial charge in [0.15, 0.2) is 5.84 Å². The first-order valence-corrected chi connectivity index (χ1v) is 6.91. The number of amides is 1. The molecule has 0 saturated heterocycles. The molecule has 0 spiro atoms. The van der Waals surface area contributed by atoms with Crippen LogP contribution in [0.15, 0.2) is 58.7 Å². The molecule has 0 fully saturated rings. The zero-order valence-corrected chi connectivity index (χ0v) is 11.7. The summed E-state index contributed by atoms with van der Waals surface area (Å²) in [5.41, 5.74) is 12.7. The first-order chi connectivity index (χ1) is 10.7. The Kier molecular flexibility index (Phi) is 2.69. The lowest BCUT2D eigenvalue weighted by atomic mass is 9.95. The molecule has 0 unspecified atom stereocenters. The maximum absolute atomic E-state index is 11.6. The fraction of sp³-hybridized carbons (Fsp3) is 0.0625. The summed E-state index contributed by atoms with van der Waals surface area (Å²) in [7, 11) is 0. The minimum absolute atomic E-state index is 0.158. The van der Waals surface area contributed by atoms with E-state index >= 15 is 0 Å². The molecule has 0 saturated carbocycles. The number of anilines is 1. The van der Waals surface area contributed by atoms with Gasteiger partial charge in [-0.1, -0.05) is 36.4 Å². The van der Waals surface area contributed by atoms with Crippen molar-refractivity contribution in [1.82, 2.24) is 10.4 Å². The van der Waals surface area contributed by atoms with E-state index in [0.717, 1.165) is 22.4 Å². The van der Waals surface area contributed by atoms with Crippen molar-refractivity contribution in [2.24, 2.45) is 10.2 Å². The molecule has 2 heterocycles. The Morgan fingerprint density at radius 3 is 2.55 bits per heavy atom. The monoisotopic (exact) mass is 291 g/mol. The Hall–Kier alpha value is -3.15. The molecule has 0 aromatic heterocycles. The molecule has 108 valence electrons. The van der Waals surface area contributed by atoms with E-state index in [-0.39, 0.29) is 12.5 Å². The molecule has 0 aliphatic carbocycles. The topological polar surface area (TPSA) is 83.1 Å². The standard InChI is InChI=1S/C16H13N5O/c17-11-7-5-10(6-8-11)15-12-3-1-2-4-13(12)16-19-18-14(22)9-21(16)20-15/h1-8H,9,17H2,(H,18,22). The van der Waals surface area contributed by atoms with Gasteiger partial charge in [0.2, 0.25) is 0 Å². The first kappa shape index (κ1) is 12.6. The minimum atomic E-state index is -0.177. The minimum Gasteiger partial charge on any atom is -0.399 e. The Labute approximate surface area is 126 Å². The van der Waals surface area contributed by atoms with Gasteiger partial charge >= 0.3 is 0 Å². The number of rotatable bonds is 1. The SMILES string of the molecule is Nc1ccc(C2=NN3CC(=O)NN=C3c3ccccc32)cc1. The number of benzene rings is 2. The lowest BCUT2D eigenvalue weighted by molar-refractivity contribution is -0.122. The molecule has 2 aromatic rings. The Balaban J connectivity index is 1.91. The molecule has 6 nitrogen and oxygen atoms in total. The van der Waals surface area contributed by atoms with Gasteiger partial charge < -0.3 is 5.73 Å². The number of hydrogen-bond acceptors (Lipinski definition) is 5. The highest BCUT2D eigenvalue weighted by Gasteiger charge is 2.29. The summed E-state index contributed by atoms with van der Waals surface area (Å²) in [4.78, 5) is 11.6. The van der Waals surface area contributed by atoms with Gasteiger partial charge in [0.1, 0.15) is 6.54 Å². The lowest BCUT2D eigenvalue weighted by Gasteiger charge is -2.30. The zero-order chi connectivity index (χ0) is 15.1. The molecule has 2 aromatic carbocycles. The number of nitrogens with one attached hydrogen (secondary N) is 1. The van der Waals surface area contributed by atoms with E-state index in [1.54, 1.807) is 5.01 Å². The summed E-state index contributed by atoms with van der Waals surface area (Å²) in [5, 5.41) is 10.4. The van der Waals surface area contributed by atoms with Crippen LogP contribution in [0.1, 0.15) is 16.7 Å². The van der Waals surface area contributed by atoms with E-state index in [1.807, 2.05) is 48.5 Å². The highest BCUT2D eigenvalue weighted by atomic mass is 16.2. The van der Waals surface area contributed by atoms with Crippen LogP contribution in [0.5, 0.6) is 0 Å². The van der Waals surface area contributed by atoms with Gasteiger partial charge in [-0.25, -0.2) is 10.4 Å². The third kappa shape index (κ3) is 1.93. The summed E-state index contributed by atoms with van der Waals surface area (Å²) in [6.45, 7) is 0.158. The van der Waals surface area contributed by atoms with Crippen molar-refractivity contribution < 1.29 is 4.79 Å². The highest BCUT2D eigenvalue weighted by molar-refractivity contribution is 6.22. The van der Waals surface area contributed by atoms with E-state index in [9.17, 15) is 4.79 Å². The summed E-state index contributed by atoms with van der Waals surface area (Å²) in [5.74, 6) is 0.484. The van der Waals surface area contributed by atoms with Crippen molar-refractivity contribution in [2.45, 2.75) is 0 Å². The van der Waals surface area contributed by atoms with E-state index < -0.39 is 0 Å². The van der Waals surface area contributed by atoms with E-state index in [2.05, 4.69) is 15.6 Å². The molecule has 3 N–H and O–H groups in total. The van der Waals surface area contributed by atoms with Gasteiger partial charge in [0, 0.05) is 22.4 Å². The van der Waals surface area contributed by atoms with E-state index in [4.69, 9.17) is 5.73 Å². The van der Waals surface area contributed by atoms with Gasteiger partial charge in [0.25, 0.3) is 5.91 Å². The van der Waals surface area contributed by atoms with Crippen molar-refractivity contribution >= 4 is 23.1 Å². The molecule has 0 radical (unpaired) electrons. The van der Waals surface area contributed by atoms with Crippen molar-refractivity contribution in [3.05, 3.63) is 65.2 Å². The summed E-state index contributed by atoms with van der Waals surface area (Å²) in [6, 6.07) is 15.4. The highest BCUT2D eigenvalue weighted by Crippen LogP contribution is 2.24. The fourth-order valence-corrected chi connectivity index (χ4v) is 2.61. The first-order valence-electron chi connectivity index (χ1n) is 6.91. The number of hydrazone groups is 2. The molecule has 0 bridgehead atoms. The molecular weight excluding hydrogens is 278 g/mol. The molecule has 2 aliphatic rings. The zero-order valence-electron chi connectivity index (χ0n) is 11.7. The van der Waals surface area contributed by atoms with Crippen LogP contribution in [-0.4, -0.2) is 29.0 Å². The predicted octanol–water partition coefficient (Wildman–Crippen LogP) is 1.13. The van der Waals surface area contributed by atoms with Gasteiger partial charge in [-0.15, -0.1) is 0 Å². The third-order valence-electron chi connectivity index (χ3n) is 3.65. The number of nitrogen functional groups attached to an aromatic ring is 1. The summed E-state index contributed by atoms with van der Waals surface area (Å²) < 4.78 is 0. The van der Waals surface area contributed by atoms with Crippen molar-refractivity contribution in [1.29, 1.82) is 0 Å². The fourth-order valence-electron chi connectivity index (χ4n) is 2.61. The van der Waals surface area contributed by atoms with Crippen LogP contribution in [0.4, 0.5) is 5.69 Å². The average molecular weight is 291 g/mol. The lowest BCUT2D eigenvalue weighted by Crippen LogP contribution is -2.45. The maximum Gasteiger partial charge on any atom is 0.261 e. The third-order valence-corrected chi connectivity index (χ3v) is 3.65. The van der Waals surface area contributed by atoms with E-state index in [0.29, 0.717) is 11.5 Å². The van der Waals surface area contributed by atoms with Gasteiger partial charge in [-0.05, 0) is 12.1 Å². The van der Waals surface area contributed by atoms with Crippen LogP contribution in [0.25, 0.3) is 0 Å². The molecule has 1 amide bonds. The molecule has 4 rings (SSSR count). The molecule has 22 heavy (non-hydrogen) atoms. The maximum atomic E-state index is 11.6. The Morgan fingerprint density at radius 2 is 1.77 bits per heavy atom. The van der Waals surface area contributed by atoms with Crippen molar-refractivity contribution in [3.8, 4) is 0 Å². The van der Waals surface area contributed by atoms with Crippen molar-refractivity contribution in [3.63, 3.8) is 0 Å². The quantitative estimate of drug-likeness (QED) is 0.773. The normalized spacial score (nSPS) is 16.2. The largest absolute Gasteiger partial charge is 0.399 e. The number of hydrogen-bond donors (Lipinski definition) is 2. The van der Waals surface area contributed by atoms with Crippen molar-refractivity contribution in [2.75, 3.05) is 12.3 Å². The molecular formula is C16H13N5O. The number of carbonyl (C=O) groups excluding carboxylic acids is 1. The van der Waals surface area contributed by atoms with E-state index in [1.165, 1.54) is 0 Å². The molecule has 6 heteroatoms. The predicted molar refractivity (Wildman–Crippen MR) is 84.3 cm³/mol. The number of carbonyl (C=O) groups is 1. The Bertz CT molecular complexity index is 823. The molecule has 0 atom stereocenters. The average Bonchev–Trinajstić information content (AvgIpc) is 2.54. The van der Waals surface area contributed by atoms with Crippen LogP contribution in [0, 0.1) is 0 Å². The second kappa shape index (κ2) is 4.70. The van der Waals surface area contributed by atoms with Crippen LogP contribution in [0.3, 0.4) is 0 Å². The van der Waals surface area contributed by atoms with Gasteiger partial charge in [-0.2, -0.15) is 10.2 Å². The smallest absolute Gasteiger partial charge is 0.261 e. The van der Waals surface area contributed by atoms with Crippen LogP contribution >= 0.6 is 0 Å². The Morgan fingerprint density at radius 1 is 1.05 bits per heavy atom. The second-order valence-electron chi connectivity index (χ2n) is 5.14. The van der Waals surface area contributed by atoms with Crippen LogP contribution in [-0.2, 0) is 4.79 Å². The summed E-state index contributed by atoms with van der Waals surface area (Å²) in [6.07, 6.45) is 0. The van der Waals surface area contributed by atoms with Gasteiger partial charge in [0.05, 0.1) is 5.71 Å². The second-order valence-corrected chi connectivity index (χ2v) is 5.14. The number of amidine groups is 1. The number of nitrogens with zero attached hydrogens (tertiary/aromatic N) is 3. The van der Waals surface area contributed by atoms with Gasteiger partial charge in [-0.3, -0.25) is 4.79 Å². The molecule has 2 aliphatic heterocycles. The van der Waals surface area contributed by atoms with Crippen LogP contribution in [0.2, 0.25) is 0 Å². The number of fused-ring (bicyclic) bond motifs is 3. The summed E-state index contributed by atoms with van der Waals surface area (Å²) >= 11 is 0. The van der Waals surface area contributed by atoms with Crippen LogP contribution < -0.4 is 11.2 Å². The number of nitrogens with two attached hydrogens (primary N) is 1.